The number of rotatable bonds is 2. The quantitative estimate of drug-likeness (QED) is 0.658. The Kier molecular flexibility index (Phi) is 3.85. The average Bonchev–Trinajstić information content (AvgIpc) is 2.59. The molecule has 0 amide bonds. The molecule has 0 saturated heterocycles. The smallest absolute Gasteiger partial charge is 0.204 e. The minimum atomic E-state index is -0.0231. The molecule has 0 aliphatic rings. The molecule has 1 aromatic heterocycles. The van der Waals surface area contributed by atoms with Gasteiger partial charge in [0, 0.05) is 14.5 Å². The molecule has 5 heteroatoms. The number of ketones is 1. The standard InChI is InChI=1S/C11H5Br2ClOS/c12-7-4-2-1-3-6(7)10(15)9-5-8(13)11(14)16-9/h1-5H. The maximum atomic E-state index is 12.1. The van der Waals surface area contributed by atoms with Crippen molar-refractivity contribution in [2.75, 3.05) is 0 Å². The number of halogens is 3. The van der Waals surface area contributed by atoms with Crippen LogP contribution in [-0.4, -0.2) is 5.78 Å². The molecule has 0 atom stereocenters. The summed E-state index contributed by atoms with van der Waals surface area (Å²) in [7, 11) is 0. The Bertz CT molecular complexity index is 531. The molecule has 0 aliphatic carbocycles. The lowest BCUT2D eigenvalue weighted by molar-refractivity contribution is 0.104. The highest BCUT2D eigenvalue weighted by Crippen LogP contribution is 2.34. The lowest BCUT2D eigenvalue weighted by Crippen LogP contribution is -1.99. The van der Waals surface area contributed by atoms with Crippen molar-refractivity contribution in [1.82, 2.24) is 0 Å². The highest BCUT2D eigenvalue weighted by atomic mass is 79.9. The Morgan fingerprint density at radius 2 is 1.88 bits per heavy atom. The molecule has 0 fully saturated rings. The van der Waals surface area contributed by atoms with Gasteiger partial charge in [-0.25, -0.2) is 0 Å². The molecule has 1 heterocycles. The van der Waals surface area contributed by atoms with Crippen molar-refractivity contribution in [3.05, 3.63) is 54.1 Å². The maximum Gasteiger partial charge on any atom is 0.204 e. The van der Waals surface area contributed by atoms with Crippen LogP contribution in [0.25, 0.3) is 0 Å². The van der Waals surface area contributed by atoms with Crippen molar-refractivity contribution < 1.29 is 4.79 Å². The Balaban J connectivity index is 2.43. The van der Waals surface area contributed by atoms with Gasteiger partial charge in [0.15, 0.2) is 0 Å². The van der Waals surface area contributed by atoms with E-state index in [1.54, 1.807) is 12.1 Å². The van der Waals surface area contributed by atoms with Crippen LogP contribution in [0.15, 0.2) is 39.3 Å². The molecule has 2 aromatic rings. The third kappa shape index (κ3) is 2.40. The fraction of sp³-hybridized carbons (Fsp3) is 0. The van der Waals surface area contributed by atoms with Crippen molar-refractivity contribution in [3.8, 4) is 0 Å². The number of hydrogen-bond donors (Lipinski definition) is 0. The van der Waals surface area contributed by atoms with Gasteiger partial charge in [-0.2, -0.15) is 0 Å². The Morgan fingerprint density at radius 3 is 2.44 bits per heavy atom. The summed E-state index contributed by atoms with van der Waals surface area (Å²) in [5.41, 5.74) is 0.646. The third-order valence-electron chi connectivity index (χ3n) is 1.99. The van der Waals surface area contributed by atoms with Gasteiger partial charge in [-0.15, -0.1) is 11.3 Å². The van der Waals surface area contributed by atoms with Crippen LogP contribution in [-0.2, 0) is 0 Å². The van der Waals surface area contributed by atoms with Crippen molar-refractivity contribution >= 4 is 60.6 Å². The van der Waals surface area contributed by atoms with Gasteiger partial charge in [0.2, 0.25) is 5.78 Å². The number of thiophene rings is 1. The molecule has 0 aliphatic heterocycles. The van der Waals surface area contributed by atoms with Crippen LogP contribution in [0.5, 0.6) is 0 Å². The summed E-state index contributed by atoms with van der Waals surface area (Å²) in [6, 6.07) is 9.08. The first-order chi connectivity index (χ1) is 7.59. The summed E-state index contributed by atoms with van der Waals surface area (Å²) in [6.07, 6.45) is 0. The molecule has 2 rings (SSSR count). The van der Waals surface area contributed by atoms with Crippen molar-refractivity contribution in [2.45, 2.75) is 0 Å². The monoisotopic (exact) mass is 378 g/mol. The first-order valence-corrected chi connectivity index (χ1v) is 7.11. The lowest BCUT2D eigenvalue weighted by atomic mass is 10.1. The summed E-state index contributed by atoms with van der Waals surface area (Å²) in [5.74, 6) is -0.0231. The minimum Gasteiger partial charge on any atom is -0.288 e. The zero-order valence-electron chi connectivity index (χ0n) is 7.84. The zero-order valence-corrected chi connectivity index (χ0v) is 12.6. The van der Waals surface area contributed by atoms with Crippen LogP contribution in [0, 0.1) is 0 Å². The van der Waals surface area contributed by atoms with E-state index in [0.717, 1.165) is 8.95 Å². The van der Waals surface area contributed by atoms with Crippen LogP contribution >= 0.6 is 54.8 Å². The molecule has 0 bridgehead atoms. The number of benzene rings is 1. The number of carbonyl (C=O) groups is 1. The number of hydrogen-bond acceptors (Lipinski definition) is 2. The highest BCUT2D eigenvalue weighted by molar-refractivity contribution is 9.11. The van der Waals surface area contributed by atoms with Crippen LogP contribution in [0.1, 0.15) is 15.2 Å². The predicted molar refractivity (Wildman–Crippen MR) is 74.6 cm³/mol. The molecule has 0 unspecified atom stereocenters. The Morgan fingerprint density at radius 1 is 1.19 bits per heavy atom. The van der Waals surface area contributed by atoms with Gasteiger partial charge in [-0.1, -0.05) is 39.7 Å². The highest BCUT2D eigenvalue weighted by Gasteiger charge is 2.16. The summed E-state index contributed by atoms with van der Waals surface area (Å²) in [5, 5.41) is 0. The molecular weight excluding hydrogens is 375 g/mol. The molecule has 0 spiro atoms. The first kappa shape index (κ1) is 12.3. The molecule has 82 valence electrons. The molecular formula is C11H5Br2ClOS. The summed E-state index contributed by atoms with van der Waals surface area (Å²) < 4.78 is 2.14. The van der Waals surface area contributed by atoms with Gasteiger partial charge in [-0.3, -0.25) is 4.79 Å². The largest absolute Gasteiger partial charge is 0.288 e. The van der Waals surface area contributed by atoms with Crippen molar-refractivity contribution in [2.24, 2.45) is 0 Å². The zero-order chi connectivity index (χ0) is 11.7. The van der Waals surface area contributed by atoms with Gasteiger partial charge < -0.3 is 0 Å². The second kappa shape index (κ2) is 5.00. The SMILES string of the molecule is O=C(c1cc(Br)c(Cl)s1)c1ccccc1Br. The van der Waals surface area contributed by atoms with Crippen LogP contribution < -0.4 is 0 Å². The first-order valence-electron chi connectivity index (χ1n) is 4.33. The van der Waals surface area contributed by atoms with Gasteiger partial charge in [0.05, 0.1) is 4.88 Å². The van der Waals surface area contributed by atoms with Gasteiger partial charge in [0.1, 0.15) is 4.34 Å². The fourth-order valence-electron chi connectivity index (χ4n) is 1.24. The summed E-state index contributed by atoms with van der Waals surface area (Å²) >= 11 is 13.8. The lowest BCUT2D eigenvalue weighted by Gasteiger charge is -2.00. The van der Waals surface area contributed by atoms with E-state index in [-0.39, 0.29) is 5.78 Å². The second-order valence-corrected chi connectivity index (χ2v) is 6.40. The van der Waals surface area contributed by atoms with E-state index in [1.165, 1.54) is 11.3 Å². The van der Waals surface area contributed by atoms with Gasteiger partial charge >= 0.3 is 0 Å². The second-order valence-electron chi connectivity index (χ2n) is 3.04. The third-order valence-corrected chi connectivity index (χ3v) is 5.15. The normalized spacial score (nSPS) is 10.4. The van der Waals surface area contributed by atoms with E-state index in [0.29, 0.717) is 14.8 Å². The molecule has 1 nitrogen and oxygen atoms in total. The van der Waals surface area contributed by atoms with E-state index in [2.05, 4.69) is 31.9 Å². The van der Waals surface area contributed by atoms with Crippen LogP contribution in [0.2, 0.25) is 4.34 Å². The van der Waals surface area contributed by atoms with Crippen LogP contribution in [0.3, 0.4) is 0 Å². The van der Waals surface area contributed by atoms with E-state index < -0.39 is 0 Å². The van der Waals surface area contributed by atoms with E-state index >= 15 is 0 Å². The minimum absolute atomic E-state index is 0.0231. The molecule has 0 saturated carbocycles. The maximum absolute atomic E-state index is 12.1. The predicted octanol–water partition coefficient (Wildman–Crippen LogP) is 5.16. The molecule has 16 heavy (non-hydrogen) atoms. The van der Waals surface area contributed by atoms with Crippen LogP contribution in [0.4, 0.5) is 0 Å². The molecule has 0 radical (unpaired) electrons. The molecule has 1 aromatic carbocycles. The van der Waals surface area contributed by atoms with Gasteiger partial charge in [0.25, 0.3) is 0 Å². The summed E-state index contributed by atoms with van der Waals surface area (Å²) in [6.45, 7) is 0. The summed E-state index contributed by atoms with van der Waals surface area (Å²) in [4.78, 5) is 12.8. The van der Waals surface area contributed by atoms with Gasteiger partial charge in [-0.05, 0) is 34.1 Å². The average molecular weight is 380 g/mol. The Hall–Kier alpha value is -0.160. The van der Waals surface area contributed by atoms with Crippen molar-refractivity contribution in [1.29, 1.82) is 0 Å². The fourth-order valence-corrected chi connectivity index (χ4v) is 3.36. The topological polar surface area (TPSA) is 17.1 Å². The molecule has 0 N–H and O–H groups in total. The number of carbonyl (C=O) groups excluding carboxylic acids is 1. The Labute approximate surface area is 119 Å². The van der Waals surface area contributed by atoms with E-state index in [4.69, 9.17) is 11.6 Å². The van der Waals surface area contributed by atoms with E-state index in [9.17, 15) is 4.79 Å². The van der Waals surface area contributed by atoms with Crippen molar-refractivity contribution in [3.63, 3.8) is 0 Å². The van der Waals surface area contributed by atoms with E-state index in [1.807, 2.05) is 18.2 Å².